The quantitative estimate of drug-likeness (QED) is 0.801. The molecule has 1 N–H and O–H groups in total. The highest BCUT2D eigenvalue weighted by molar-refractivity contribution is 6.05. The second-order valence-corrected chi connectivity index (χ2v) is 6.70. The molecule has 0 saturated carbocycles. The standard InChI is InChI=1S/C19H14F3N3O3/c20-19(21,22)12-5-6-23-14(8-12)10-1-2-13-11(7-10)9-25(18(13)28)15-3-4-16(26)24-17(15)27/h1-2,5-8,15H,3-4,9H2,(H,24,26,27). The summed E-state index contributed by atoms with van der Waals surface area (Å²) < 4.78 is 38.8. The van der Waals surface area contributed by atoms with Crippen LogP contribution in [-0.4, -0.2) is 33.6 Å². The van der Waals surface area contributed by atoms with Crippen LogP contribution in [0, 0.1) is 0 Å². The molecule has 0 radical (unpaired) electrons. The maximum atomic E-state index is 12.9. The molecule has 3 heterocycles. The second kappa shape index (κ2) is 6.43. The molecule has 1 saturated heterocycles. The third-order valence-electron chi connectivity index (χ3n) is 4.91. The molecule has 28 heavy (non-hydrogen) atoms. The maximum Gasteiger partial charge on any atom is 0.416 e. The molecule has 9 heteroatoms. The van der Waals surface area contributed by atoms with Crippen LogP contribution in [0.3, 0.4) is 0 Å². The molecular formula is C19H14F3N3O3. The zero-order valence-electron chi connectivity index (χ0n) is 14.4. The number of piperidine rings is 1. The van der Waals surface area contributed by atoms with Crippen LogP contribution >= 0.6 is 0 Å². The fraction of sp³-hybridized carbons (Fsp3) is 0.263. The maximum absolute atomic E-state index is 12.9. The van der Waals surface area contributed by atoms with E-state index in [1.807, 2.05) is 0 Å². The van der Waals surface area contributed by atoms with Crippen LogP contribution < -0.4 is 5.32 Å². The van der Waals surface area contributed by atoms with Gasteiger partial charge in [0, 0.05) is 30.3 Å². The predicted octanol–water partition coefficient (Wildman–Crippen LogP) is 2.53. The van der Waals surface area contributed by atoms with Gasteiger partial charge in [0.25, 0.3) is 5.91 Å². The Morgan fingerprint density at radius 3 is 2.61 bits per heavy atom. The highest BCUT2D eigenvalue weighted by Gasteiger charge is 2.39. The molecule has 1 aromatic heterocycles. The fourth-order valence-electron chi connectivity index (χ4n) is 3.50. The van der Waals surface area contributed by atoms with Crippen molar-refractivity contribution >= 4 is 17.7 Å². The zero-order chi connectivity index (χ0) is 20.1. The van der Waals surface area contributed by atoms with Crippen LogP contribution in [0.4, 0.5) is 13.2 Å². The average Bonchev–Trinajstić information content (AvgIpc) is 2.97. The fourth-order valence-corrected chi connectivity index (χ4v) is 3.50. The first-order valence-corrected chi connectivity index (χ1v) is 8.55. The lowest BCUT2D eigenvalue weighted by molar-refractivity contribution is -0.138. The number of imide groups is 1. The number of hydrogen-bond donors (Lipinski definition) is 1. The summed E-state index contributed by atoms with van der Waals surface area (Å²) >= 11 is 0. The van der Waals surface area contributed by atoms with Crippen molar-refractivity contribution in [3.8, 4) is 11.3 Å². The Bertz CT molecular complexity index is 1000. The second-order valence-electron chi connectivity index (χ2n) is 6.70. The Labute approximate surface area is 157 Å². The summed E-state index contributed by atoms with van der Waals surface area (Å²) in [7, 11) is 0. The lowest BCUT2D eigenvalue weighted by Crippen LogP contribution is -2.52. The van der Waals surface area contributed by atoms with E-state index in [0.29, 0.717) is 16.7 Å². The van der Waals surface area contributed by atoms with Crippen LogP contribution in [0.2, 0.25) is 0 Å². The number of halogens is 3. The summed E-state index contributed by atoms with van der Waals surface area (Å²) in [4.78, 5) is 41.4. The van der Waals surface area contributed by atoms with Gasteiger partial charge in [0.1, 0.15) is 6.04 Å². The van der Waals surface area contributed by atoms with E-state index in [1.165, 1.54) is 17.0 Å². The van der Waals surface area contributed by atoms with Gasteiger partial charge in [-0.05, 0) is 36.2 Å². The number of alkyl halides is 3. The van der Waals surface area contributed by atoms with E-state index in [1.54, 1.807) is 6.07 Å². The number of rotatable bonds is 2. The molecule has 0 aliphatic carbocycles. The Hall–Kier alpha value is -3.23. The summed E-state index contributed by atoms with van der Waals surface area (Å²) in [5.74, 6) is -1.23. The molecule has 2 aromatic rings. The van der Waals surface area contributed by atoms with Crippen LogP contribution in [0.5, 0.6) is 0 Å². The predicted molar refractivity (Wildman–Crippen MR) is 90.7 cm³/mol. The molecule has 2 aliphatic heterocycles. The summed E-state index contributed by atoms with van der Waals surface area (Å²) in [5, 5.41) is 2.22. The van der Waals surface area contributed by atoms with Crippen molar-refractivity contribution < 1.29 is 27.6 Å². The normalized spacial score (nSPS) is 19.6. The number of fused-ring (bicyclic) bond motifs is 1. The lowest BCUT2D eigenvalue weighted by Gasteiger charge is -2.29. The summed E-state index contributed by atoms with van der Waals surface area (Å²) in [6.07, 6.45) is -3.00. The Balaban J connectivity index is 1.63. The Morgan fingerprint density at radius 2 is 1.89 bits per heavy atom. The SMILES string of the molecule is O=C1CCC(N2Cc3cc(-c4cc(C(F)(F)F)ccn4)ccc3C2=O)C(=O)N1. The molecular weight excluding hydrogens is 375 g/mol. The molecule has 1 atom stereocenters. The molecule has 6 nitrogen and oxygen atoms in total. The number of carbonyl (C=O) groups excluding carboxylic acids is 3. The number of benzene rings is 1. The summed E-state index contributed by atoms with van der Waals surface area (Å²) in [6, 6.07) is 5.78. The molecule has 3 amide bonds. The molecule has 144 valence electrons. The van der Waals surface area contributed by atoms with E-state index in [0.717, 1.165) is 18.3 Å². The lowest BCUT2D eigenvalue weighted by atomic mass is 10.0. The van der Waals surface area contributed by atoms with Crippen LogP contribution in [0.1, 0.15) is 34.3 Å². The number of pyridine rings is 1. The van der Waals surface area contributed by atoms with Gasteiger partial charge in [-0.15, -0.1) is 0 Å². The van der Waals surface area contributed by atoms with Crippen molar-refractivity contribution in [2.75, 3.05) is 0 Å². The molecule has 0 bridgehead atoms. The van der Waals surface area contributed by atoms with Gasteiger partial charge in [0.2, 0.25) is 11.8 Å². The number of amides is 3. The largest absolute Gasteiger partial charge is 0.416 e. The van der Waals surface area contributed by atoms with Gasteiger partial charge in [-0.1, -0.05) is 6.07 Å². The number of hydrogen-bond acceptors (Lipinski definition) is 4. The monoisotopic (exact) mass is 389 g/mol. The number of aromatic nitrogens is 1. The number of carbonyl (C=O) groups is 3. The number of nitrogens with one attached hydrogen (secondary N) is 1. The highest BCUT2D eigenvalue weighted by Crippen LogP contribution is 2.33. The van der Waals surface area contributed by atoms with E-state index in [9.17, 15) is 27.6 Å². The van der Waals surface area contributed by atoms with Crippen LogP contribution in [0.15, 0.2) is 36.5 Å². The first kappa shape index (κ1) is 18.1. The minimum Gasteiger partial charge on any atom is -0.322 e. The Morgan fingerprint density at radius 1 is 1.11 bits per heavy atom. The molecule has 1 aromatic carbocycles. The Kier molecular flexibility index (Phi) is 4.17. The van der Waals surface area contributed by atoms with Gasteiger partial charge in [-0.3, -0.25) is 24.7 Å². The van der Waals surface area contributed by atoms with E-state index in [4.69, 9.17) is 0 Å². The minimum atomic E-state index is -4.48. The third-order valence-corrected chi connectivity index (χ3v) is 4.91. The third kappa shape index (κ3) is 3.12. The highest BCUT2D eigenvalue weighted by atomic mass is 19.4. The van der Waals surface area contributed by atoms with Crippen LogP contribution in [-0.2, 0) is 22.3 Å². The molecule has 4 rings (SSSR count). The topological polar surface area (TPSA) is 79.4 Å². The van der Waals surface area contributed by atoms with E-state index in [2.05, 4.69) is 10.3 Å². The van der Waals surface area contributed by atoms with Crippen molar-refractivity contribution in [2.24, 2.45) is 0 Å². The smallest absolute Gasteiger partial charge is 0.322 e. The molecule has 2 aliphatic rings. The van der Waals surface area contributed by atoms with E-state index in [-0.39, 0.29) is 36.9 Å². The number of nitrogens with zero attached hydrogens (tertiary/aromatic N) is 2. The average molecular weight is 389 g/mol. The van der Waals surface area contributed by atoms with E-state index >= 15 is 0 Å². The van der Waals surface area contributed by atoms with Crippen LogP contribution in [0.25, 0.3) is 11.3 Å². The summed E-state index contributed by atoms with van der Waals surface area (Å²) in [6.45, 7) is 0.146. The van der Waals surface area contributed by atoms with Gasteiger partial charge >= 0.3 is 6.18 Å². The van der Waals surface area contributed by atoms with Gasteiger partial charge < -0.3 is 4.90 Å². The van der Waals surface area contributed by atoms with Gasteiger partial charge in [-0.25, -0.2) is 0 Å². The first-order chi connectivity index (χ1) is 13.2. The van der Waals surface area contributed by atoms with Crippen molar-refractivity contribution in [1.29, 1.82) is 0 Å². The van der Waals surface area contributed by atoms with Crippen molar-refractivity contribution in [1.82, 2.24) is 15.2 Å². The van der Waals surface area contributed by atoms with Gasteiger partial charge in [-0.2, -0.15) is 13.2 Å². The first-order valence-electron chi connectivity index (χ1n) is 8.55. The zero-order valence-corrected chi connectivity index (χ0v) is 14.4. The van der Waals surface area contributed by atoms with Gasteiger partial charge in [0.15, 0.2) is 0 Å². The van der Waals surface area contributed by atoms with Gasteiger partial charge in [0.05, 0.1) is 11.3 Å². The summed E-state index contributed by atoms with van der Waals surface area (Å²) in [5.41, 5.74) is 0.776. The van der Waals surface area contributed by atoms with Crippen molar-refractivity contribution in [3.63, 3.8) is 0 Å². The minimum absolute atomic E-state index is 0.143. The van der Waals surface area contributed by atoms with Crippen molar-refractivity contribution in [3.05, 3.63) is 53.2 Å². The molecule has 0 spiro atoms. The molecule has 1 unspecified atom stereocenters. The van der Waals surface area contributed by atoms with Crippen molar-refractivity contribution in [2.45, 2.75) is 31.6 Å². The van der Waals surface area contributed by atoms with E-state index < -0.39 is 23.7 Å². The molecule has 1 fully saturated rings.